The Hall–Kier alpha value is -0.460. The highest BCUT2D eigenvalue weighted by molar-refractivity contribution is 8.21. The number of hydrogen-bond acceptors (Lipinski definition) is 6. The molecule has 2 aliphatic rings. The fourth-order valence-electron chi connectivity index (χ4n) is 2.84. The predicted octanol–water partition coefficient (Wildman–Crippen LogP) is 2.07. The first kappa shape index (κ1) is 14.9. The minimum Gasteiger partial charge on any atom is -0.466 e. The predicted molar refractivity (Wildman–Crippen MR) is 81.8 cm³/mol. The smallest absolute Gasteiger partial charge is 0.311 e. The van der Waals surface area contributed by atoms with Gasteiger partial charge in [-0.15, -0.1) is 23.5 Å². The van der Waals surface area contributed by atoms with Crippen LogP contribution in [0.5, 0.6) is 0 Å². The van der Waals surface area contributed by atoms with Crippen LogP contribution in [0, 0.1) is 17.2 Å². The first-order chi connectivity index (χ1) is 9.06. The summed E-state index contributed by atoms with van der Waals surface area (Å²) in [6.45, 7) is 6.57. The van der Waals surface area contributed by atoms with Crippen LogP contribution in [0.4, 0.5) is 0 Å². The normalized spacial score (nSPS) is 29.6. The van der Waals surface area contributed by atoms with E-state index in [1.807, 2.05) is 37.5 Å². The molecule has 0 saturated carbocycles. The average molecular weight is 300 g/mol. The van der Waals surface area contributed by atoms with E-state index in [1.165, 1.54) is 0 Å². The van der Waals surface area contributed by atoms with Crippen molar-refractivity contribution >= 4 is 35.2 Å². The molecular weight excluding hydrogens is 280 g/mol. The van der Waals surface area contributed by atoms with E-state index < -0.39 is 0 Å². The van der Waals surface area contributed by atoms with Crippen LogP contribution in [0.25, 0.3) is 0 Å². The standard InChI is InChI=1S/C13H20N2O2S2/c1-4-10(14)11-9(12(16)17-5-2)8-15(3)13(11)18-6-7-19-13/h4,9,11,14H,1,5-8H2,2-3H3/t9-,11-/m0/s1. The number of nitrogens with one attached hydrogen (secondary N) is 1. The first-order valence-electron chi connectivity index (χ1n) is 6.43. The summed E-state index contributed by atoms with van der Waals surface area (Å²) in [5, 5.41) is 8.19. The number of rotatable bonds is 4. The van der Waals surface area contributed by atoms with Crippen molar-refractivity contribution < 1.29 is 9.53 Å². The van der Waals surface area contributed by atoms with Gasteiger partial charge in [0.2, 0.25) is 0 Å². The van der Waals surface area contributed by atoms with Gasteiger partial charge in [-0.2, -0.15) is 0 Å². The minimum absolute atomic E-state index is 0.133. The summed E-state index contributed by atoms with van der Waals surface area (Å²) in [4.78, 5) is 14.4. The van der Waals surface area contributed by atoms with E-state index in [0.717, 1.165) is 11.5 Å². The Morgan fingerprint density at radius 1 is 1.58 bits per heavy atom. The number of carbonyl (C=O) groups excluding carboxylic acids is 1. The number of allylic oxidation sites excluding steroid dienone is 1. The highest BCUT2D eigenvalue weighted by atomic mass is 32.2. The highest BCUT2D eigenvalue weighted by Crippen LogP contribution is 2.57. The Bertz CT molecular complexity index is 394. The number of nitrogens with zero attached hydrogens (tertiary/aromatic N) is 1. The average Bonchev–Trinajstić information content (AvgIpc) is 2.97. The summed E-state index contributed by atoms with van der Waals surface area (Å²) in [5.74, 6) is 1.55. The number of ether oxygens (including phenoxy) is 1. The lowest BCUT2D eigenvalue weighted by molar-refractivity contribution is -0.148. The third-order valence-electron chi connectivity index (χ3n) is 3.64. The second-order valence-electron chi connectivity index (χ2n) is 4.70. The number of carbonyl (C=O) groups is 1. The van der Waals surface area contributed by atoms with E-state index in [4.69, 9.17) is 10.1 Å². The Balaban J connectivity index is 2.32. The number of thioether (sulfide) groups is 2. The van der Waals surface area contributed by atoms with E-state index in [9.17, 15) is 4.79 Å². The molecule has 2 atom stereocenters. The van der Waals surface area contributed by atoms with Crippen molar-refractivity contribution in [3.05, 3.63) is 12.7 Å². The molecule has 0 aromatic carbocycles. The van der Waals surface area contributed by atoms with Crippen LogP contribution in [0.1, 0.15) is 6.92 Å². The van der Waals surface area contributed by atoms with Crippen molar-refractivity contribution in [2.24, 2.45) is 11.8 Å². The van der Waals surface area contributed by atoms with E-state index in [0.29, 0.717) is 18.9 Å². The molecule has 4 nitrogen and oxygen atoms in total. The van der Waals surface area contributed by atoms with E-state index >= 15 is 0 Å². The van der Waals surface area contributed by atoms with E-state index in [2.05, 4.69) is 11.5 Å². The van der Waals surface area contributed by atoms with Gasteiger partial charge in [-0.05, 0) is 20.0 Å². The minimum atomic E-state index is -0.256. The summed E-state index contributed by atoms with van der Waals surface area (Å²) < 4.78 is 4.99. The maximum atomic E-state index is 12.2. The molecule has 19 heavy (non-hydrogen) atoms. The molecule has 2 heterocycles. The molecule has 2 rings (SSSR count). The molecule has 0 amide bonds. The number of esters is 1. The molecule has 0 aromatic rings. The van der Waals surface area contributed by atoms with Crippen LogP contribution in [0.15, 0.2) is 12.7 Å². The zero-order valence-electron chi connectivity index (χ0n) is 11.3. The topological polar surface area (TPSA) is 53.4 Å². The van der Waals surface area contributed by atoms with Crippen LogP contribution < -0.4 is 0 Å². The third-order valence-corrected chi connectivity index (χ3v) is 7.38. The van der Waals surface area contributed by atoms with Crippen LogP contribution in [-0.2, 0) is 9.53 Å². The molecule has 1 spiro atoms. The lowest BCUT2D eigenvalue weighted by Gasteiger charge is -2.35. The maximum absolute atomic E-state index is 12.2. The zero-order valence-corrected chi connectivity index (χ0v) is 13.0. The lowest BCUT2D eigenvalue weighted by atomic mass is 9.91. The summed E-state index contributed by atoms with van der Waals surface area (Å²) in [5.41, 5.74) is 0.448. The maximum Gasteiger partial charge on any atom is 0.311 e. The first-order valence-corrected chi connectivity index (χ1v) is 8.40. The lowest BCUT2D eigenvalue weighted by Crippen LogP contribution is -2.41. The van der Waals surface area contributed by atoms with Gasteiger partial charge in [0, 0.05) is 23.8 Å². The molecule has 1 N–H and O–H groups in total. The molecule has 0 aromatic heterocycles. The Labute approximate surface area is 122 Å². The van der Waals surface area contributed by atoms with Gasteiger partial charge >= 0.3 is 5.97 Å². The van der Waals surface area contributed by atoms with Gasteiger partial charge < -0.3 is 10.1 Å². The van der Waals surface area contributed by atoms with Crippen molar-refractivity contribution in [3.63, 3.8) is 0 Å². The zero-order chi connectivity index (χ0) is 14.0. The molecule has 2 saturated heterocycles. The molecule has 6 heteroatoms. The molecule has 0 radical (unpaired) electrons. The Kier molecular flexibility index (Phi) is 4.63. The molecule has 106 valence electrons. The van der Waals surface area contributed by atoms with Crippen molar-refractivity contribution in [1.82, 2.24) is 4.90 Å². The fraction of sp³-hybridized carbons (Fsp3) is 0.692. The Morgan fingerprint density at radius 3 is 2.74 bits per heavy atom. The van der Waals surface area contributed by atoms with Crippen LogP contribution in [0.2, 0.25) is 0 Å². The van der Waals surface area contributed by atoms with Gasteiger partial charge in [0.25, 0.3) is 0 Å². The second kappa shape index (κ2) is 5.89. The molecule has 0 aliphatic carbocycles. The molecule has 2 aliphatic heterocycles. The molecule has 0 bridgehead atoms. The monoisotopic (exact) mass is 300 g/mol. The summed E-state index contributed by atoms with van der Waals surface area (Å²) in [6.07, 6.45) is 1.57. The summed E-state index contributed by atoms with van der Waals surface area (Å²) >= 11 is 3.69. The largest absolute Gasteiger partial charge is 0.466 e. The van der Waals surface area contributed by atoms with Crippen molar-refractivity contribution in [1.29, 1.82) is 5.41 Å². The van der Waals surface area contributed by atoms with Crippen molar-refractivity contribution in [2.75, 3.05) is 31.7 Å². The molecule has 0 unspecified atom stereocenters. The third kappa shape index (κ3) is 2.45. The van der Waals surface area contributed by atoms with Gasteiger partial charge in [0.15, 0.2) is 0 Å². The molecule has 2 fully saturated rings. The summed E-state index contributed by atoms with van der Waals surface area (Å²) in [7, 11) is 2.04. The SMILES string of the molecule is C=CC(=N)[C@@H]1[C@@H](C(=O)OCC)CN(C)C12SCCS2. The van der Waals surface area contributed by atoms with Gasteiger partial charge in [0.05, 0.1) is 18.4 Å². The van der Waals surface area contributed by atoms with Gasteiger partial charge in [0.1, 0.15) is 4.20 Å². The van der Waals surface area contributed by atoms with Crippen molar-refractivity contribution in [2.45, 2.75) is 11.1 Å². The number of hydrogen-bond donors (Lipinski definition) is 1. The van der Waals surface area contributed by atoms with Gasteiger partial charge in [-0.3, -0.25) is 9.69 Å². The molecular formula is C13H20N2O2S2. The van der Waals surface area contributed by atoms with Gasteiger partial charge in [-0.25, -0.2) is 0 Å². The van der Waals surface area contributed by atoms with Crippen LogP contribution in [0.3, 0.4) is 0 Å². The van der Waals surface area contributed by atoms with E-state index in [-0.39, 0.29) is 22.0 Å². The second-order valence-corrected chi connectivity index (χ2v) is 7.60. The van der Waals surface area contributed by atoms with Crippen molar-refractivity contribution in [3.8, 4) is 0 Å². The van der Waals surface area contributed by atoms with E-state index in [1.54, 1.807) is 6.08 Å². The van der Waals surface area contributed by atoms with Gasteiger partial charge in [-0.1, -0.05) is 6.58 Å². The summed E-state index contributed by atoms with van der Waals surface area (Å²) in [6, 6.07) is 0. The number of likely N-dealkylation sites (tertiary alicyclic amines) is 1. The fourth-order valence-corrected chi connectivity index (χ4v) is 6.45. The van der Waals surface area contributed by atoms with Crippen LogP contribution >= 0.6 is 23.5 Å². The Morgan fingerprint density at radius 2 is 2.21 bits per heavy atom. The quantitative estimate of drug-likeness (QED) is 0.636. The highest BCUT2D eigenvalue weighted by Gasteiger charge is 2.58. The van der Waals surface area contributed by atoms with Crippen LogP contribution in [-0.4, -0.2) is 52.5 Å².